The zero-order chi connectivity index (χ0) is 16.8. The molecular formula is C19H22ClNO2. The third kappa shape index (κ3) is 4.73. The highest BCUT2D eigenvalue weighted by molar-refractivity contribution is 6.34. The van der Waals surface area contributed by atoms with Gasteiger partial charge in [0.2, 0.25) is 5.91 Å². The lowest BCUT2D eigenvalue weighted by Gasteiger charge is -2.13. The van der Waals surface area contributed by atoms with Gasteiger partial charge in [0.1, 0.15) is 5.75 Å². The molecule has 0 saturated carbocycles. The van der Waals surface area contributed by atoms with E-state index in [0.717, 1.165) is 22.4 Å². The molecule has 0 radical (unpaired) electrons. The second kappa shape index (κ2) is 8.02. The maximum atomic E-state index is 12.2. The van der Waals surface area contributed by atoms with Gasteiger partial charge in [0.15, 0.2) is 0 Å². The largest absolute Gasteiger partial charge is 0.494 e. The van der Waals surface area contributed by atoms with Crippen LogP contribution in [0.15, 0.2) is 36.4 Å². The number of hydrogen-bond acceptors (Lipinski definition) is 2. The van der Waals surface area contributed by atoms with Gasteiger partial charge in [0.05, 0.1) is 17.3 Å². The van der Waals surface area contributed by atoms with Gasteiger partial charge in [-0.1, -0.05) is 35.9 Å². The number of benzene rings is 2. The lowest BCUT2D eigenvalue weighted by atomic mass is 10.1. The third-order valence-corrected chi connectivity index (χ3v) is 3.89. The van der Waals surface area contributed by atoms with E-state index in [4.69, 9.17) is 16.3 Å². The van der Waals surface area contributed by atoms with Crippen molar-refractivity contribution in [3.8, 4) is 5.75 Å². The van der Waals surface area contributed by atoms with Crippen molar-refractivity contribution in [1.29, 1.82) is 0 Å². The van der Waals surface area contributed by atoms with Gasteiger partial charge in [-0.05, 0) is 56.0 Å². The first kappa shape index (κ1) is 17.4. The molecule has 0 aliphatic heterocycles. The number of hydrogen-bond donors (Lipinski definition) is 1. The Morgan fingerprint density at radius 1 is 1.22 bits per heavy atom. The van der Waals surface area contributed by atoms with Gasteiger partial charge in [-0.15, -0.1) is 0 Å². The molecule has 0 saturated heterocycles. The lowest BCUT2D eigenvalue weighted by molar-refractivity contribution is -0.116. The molecule has 0 aliphatic carbocycles. The Bertz CT molecular complexity index is 675. The van der Waals surface area contributed by atoms with Crippen LogP contribution in [0, 0.1) is 13.8 Å². The number of aryl methyl sites for hydroxylation is 3. The number of anilines is 1. The number of nitrogens with one attached hydrogen (secondary N) is 1. The number of para-hydroxylation sites is 1. The summed E-state index contributed by atoms with van der Waals surface area (Å²) in [6.07, 6.45) is 1.01. The molecule has 2 aromatic rings. The molecule has 3 nitrogen and oxygen atoms in total. The molecule has 0 atom stereocenters. The SMILES string of the molecule is CCOc1ccccc1CCC(=O)Nc1c(C)cc(C)cc1Cl. The van der Waals surface area contributed by atoms with Crippen LogP contribution >= 0.6 is 11.6 Å². The van der Waals surface area contributed by atoms with Gasteiger partial charge in [-0.3, -0.25) is 4.79 Å². The minimum absolute atomic E-state index is 0.0508. The van der Waals surface area contributed by atoms with Crippen LogP contribution < -0.4 is 10.1 Å². The van der Waals surface area contributed by atoms with Gasteiger partial charge in [0, 0.05) is 6.42 Å². The number of halogens is 1. The molecule has 4 heteroatoms. The van der Waals surface area contributed by atoms with E-state index in [1.54, 1.807) is 0 Å². The lowest BCUT2D eigenvalue weighted by Crippen LogP contribution is -2.14. The van der Waals surface area contributed by atoms with Gasteiger partial charge < -0.3 is 10.1 Å². The van der Waals surface area contributed by atoms with Crippen molar-refractivity contribution in [1.82, 2.24) is 0 Å². The smallest absolute Gasteiger partial charge is 0.224 e. The highest BCUT2D eigenvalue weighted by Crippen LogP contribution is 2.27. The van der Waals surface area contributed by atoms with Crippen LogP contribution in [0.2, 0.25) is 5.02 Å². The summed E-state index contributed by atoms with van der Waals surface area (Å²) in [4.78, 5) is 12.2. The van der Waals surface area contributed by atoms with Crippen LogP contribution in [0.4, 0.5) is 5.69 Å². The maximum Gasteiger partial charge on any atom is 0.224 e. The van der Waals surface area contributed by atoms with Crippen molar-refractivity contribution >= 4 is 23.2 Å². The fourth-order valence-corrected chi connectivity index (χ4v) is 2.90. The Labute approximate surface area is 142 Å². The van der Waals surface area contributed by atoms with Crippen molar-refractivity contribution in [3.63, 3.8) is 0 Å². The average molecular weight is 332 g/mol. The first-order valence-electron chi connectivity index (χ1n) is 7.78. The Hall–Kier alpha value is -2.00. The maximum absolute atomic E-state index is 12.2. The predicted octanol–water partition coefficient (Wildman–Crippen LogP) is 4.93. The quantitative estimate of drug-likeness (QED) is 0.815. The molecule has 0 spiro atoms. The topological polar surface area (TPSA) is 38.3 Å². The van der Waals surface area contributed by atoms with Crippen molar-refractivity contribution < 1.29 is 9.53 Å². The zero-order valence-electron chi connectivity index (χ0n) is 13.8. The van der Waals surface area contributed by atoms with Crippen molar-refractivity contribution in [2.24, 2.45) is 0 Å². The summed E-state index contributed by atoms with van der Waals surface area (Å²) < 4.78 is 5.59. The van der Waals surface area contributed by atoms with Gasteiger partial charge in [-0.25, -0.2) is 0 Å². The molecule has 0 bridgehead atoms. The minimum Gasteiger partial charge on any atom is -0.494 e. The van der Waals surface area contributed by atoms with Crippen LogP contribution in [0.25, 0.3) is 0 Å². The zero-order valence-corrected chi connectivity index (χ0v) is 14.5. The van der Waals surface area contributed by atoms with Gasteiger partial charge in [-0.2, -0.15) is 0 Å². The fraction of sp³-hybridized carbons (Fsp3) is 0.316. The highest BCUT2D eigenvalue weighted by Gasteiger charge is 2.11. The van der Waals surface area contributed by atoms with Crippen molar-refractivity contribution in [2.45, 2.75) is 33.6 Å². The molecule has 2 aromatic carbocycles. The highest BCUT2D eigenvalue weighted by atomic mass is 35.5. The molecule has 0 aromatic heterocycles. The summed E-state index contributed by atoms with van der Waals surface area (Å²) in [7, 11) is 0. The number of carbonyl (C=O) groups excluding carboxylic acids is 1. The fourth-order valence-electron chi connectivity index (χ4n) is 2.53. The van der Waals surface area contributed by atoms with E-state index in [9.17, 15) is 4.79 Å². The van der Waals surface area contributed by atoms with Gasteiger partial charge >= 0.3 is 0 Å². The summed E-state index contributed by atoms with van der Waals surface area (Å²) in [5.41, 5.74) is 3.78. The molecule has 23 heavy (non-hydrogen) atoms. The van der Waals surface area contributed by atoms with Crippen LogP contribution in [0.5, 0.6) is 5.75 Å². The van der Waals surface area contributed by atoms with Crippen LogP contribution in [-0.4, -0.2) is 12.5 Å². The molecule has 1 amide bonds. The third-order valence-electron chi connectivity index (χ3n) is 3.59. The monoisotopic (exact) mass is 331 g/mol. The molecule has 2 rings (SSSR count). The van der Waals surface area contributed by atoms with E-state index < -0.39 is 0 Å². The Morgan fingerprint density at radius 2 is 1.96 bits per heavy atom. The standard InChI is InChI=1S/C19H22ClNO2/c1-4-23-17-8-6-5-7-15(17)9-10-18(22)21-19-14(3)11-13(2)12-16(19)20/h5-8,11-12H,4,9-10H2,1-3H3,(H,21,22). The first-order valence-corrected chi connectivity index (χ1v) is 8.16. The number of rotatable bonds is 6. The van der Waals surface area contributed by atoms with Gasteiger partial charge in [0.25, 0.3) is 0 Å². The summed E-state index contributed by atoms with van der Waals surface area (Å²) in [6, 6.07) is 11.7. The summed E-state index contributed by atoms with van der Waals surface area (Å²) >= 11 is 6.23. The molecule has 1 N–H and O–H groups in total. The molecule has 0 fully saturated rings. The second-order valence-electron chi connectivity index (χ2n) is 5.53. The molecule has 0 heterocycles. The summed E-state index contributed by atoms with van der Waals surface area (Å²) in [6.45, 7) is 6.49. The number of amides is 1. The van der Waals surface area contributed by atoms with Crippen LogP contribution in [0.3, 0.4) is 0 Å². The van der Waals surface area contributed by atoms with Crippen molar-refractivity contribution in [3.05, 3.63) is 58.1 Å². The van der Waals surface area contributed by atoms with E-state index in [2.05, 4.69) is 5.32 Å². The van der Waals surface area contributed by atoms with Crippen LogP contribution in [-0.2, 0) is 11.2 Å². The predicted molar refractivity (Wildman–Crippen MR) is 95.5 cm³/mol. The van der Waals surface area contributed by atoms with Crippen molar-refractivity contribution in [2.75, 3.05) is 11.9 Å². The molecular weight excluding hydrogens is 310 g/mol. The average Bonchev–Trinajstić information content (AvgIpc) is 2.50. The Kier molecular flexibility index (Phi) is 6.05. The molecule has 0 aliphatic rings. The Balaban J connectivity index is 2.01. The number of ether oxygens (including phenoxy) is 1. The minimum atomic E-state index is -0.0508. The van der Waals surface area contributed by atoms with E-state index in [0.29, 0.717) is 30.2 Å². The molecule has 122 valence electrons. The molecule has 0 unspecified atom stereocenters. The van der Waals surface area contributed by atoms with E-state index in [1.165, 1.54) is 0 Å². The summed E-state index contributed by atoms with van der Waals surface area (Å²) in [5.74, 6) is 0.789. The van der Waals surface area contributed by atoms with E-state index in [-0.39, 0.29) is 5.91 Å². The summed E-state index contributed by atoms with van der Waals surface area (Å²) in [5, 5.41) is 3.49. The second-order valence-corrected chi connectivity index (χ2v) is 5.93. The van der Waals surface area contributed by atoms with E-state index in [1.807, 2.05) is 57.2 Å². The van der Waals surface area contributed by atoms with Crippen LogP contribution in [0.1, 0.15) is 30.0 Å². The Morgan fingerprint density at radius 3 is 2.65 bits per heavy atom. The number of carbonyl (C=O) groups is 1. The normalized spacial score (nSPS) is 10.4. The first-order chi connectivity index (χ1) is 11.0. The van der Waals surface area contributed by atoms with E-state index >= 15 is 0 Å².